The molecule has 27 heavy (non-hydrogen) atoms. The van der Waals surface area contributed by atoms with Crippen molar-refractivity contribution in [1.82, 2.24) is 25.4 Å². The lowest BCUT2D eigenvalue weighted by molar-refractivity contribution is 0.322. The summed E-state index contributed by atoms with van der Waals surface area (Å²) >= 11 is 0. The Morgan fingerprint density at radius 2 is 1.89 bits per heavy atom. The van der Waals surface area contributed by atoms with Gasteiger partial charge in [-0.2, -0.15) is 5.10 Å². The summed E-state index contributed by atoms with van der Waals surface area (Å²) in [7, 11) is 6.68. The quantitative estimate of drug-likeness (QED) is 0.500. The Balaban J connectivity index is 2.03. The number of benzene rings is 1. The fourth-order valence-corrected chi connectivity index (χ4v) is 2.63. The zero-order valence-electron chi connectivity index (χ0n) is 16.6. The van der Waals surface area contributed by atoms with Gasteiger partial charge in [-0.15, -0.1) is 0 Å². The number of rotatable bonds is 9. The van der Waals surface area contributed by atoms with E-state index in [0.29, 0.717) is 30.3 Å². The van der Waals surface area contributed by atoms with Crippen LogP contribution in [0.2, 0.25) is 0 Å². The molecule has 0 radical (unpaired) electrons. The van der Waals surface area contributed by atoms with Crippen molar-refractivity contribution in [2.75, 3.05) is 34.4 Å². The van der Waals surface area contributed by atoms with Gasteiger partial charge >= 0.3 is 0 Å². The monoisotopic (exact) mass is 376 g/mol. The number of nitrogens with zero attached hydrogens (tertiary/aromatic N) is 4. The van der Waals surface area contributed by atoms with Crippen molar-refractivity contribution in [3.05, 3.63) is 29.8 Å². The highest BCUT2D eigenvalue weighted by Gasteiger charge is 2.15. The van der Waals surface area contributed by atoms with E-state index in [1.54, 1.807) is 26.0 Å². The van der Waals surface area contributed by atoms with Crippen LogP contribution >= 0.6 is 0 Å². The van der Waals surface area contributed by atoms with Crippen LogP contribution in [0.25, 0.3) is 0 Å². The highest BCUT2D eigenvalue weighted by molar-refractivity contribution is 5.79. The van der Waals surface area contributed by atoms with Gasteiger partial charge in [0.2, 0.25) is 5.75 Å². The smallest absolute Gasteiger partial charge is 0.203 e. The van der Waals surface area contributed by atoms with Gasteiger partial charge in [0.25, 0.3) is 0 Å². The van der Waals surface area contributed by atoms with Crippen LogP contribution in [-0.2, 0) is 20.0 Å². The van der Waals surface area contributed by atoms with Crippen LogP contribution in [0.4, 0.5) is 0 Å². The Labute approximate surface area is 159 Å². The van der Waals surface area contributed by atoms with Crippen LogP contribution in [0.1, 0.15) is 18.3 Å². The minimum Gasteiger partial charge on any atom is -0.493 e. The van der Waals surface area contributed by atoms with Crippen LogP contribution in [0.3, 0.4) is 0 Å². The molecule has 9 heteroatoms. The summed E-state index contributed by atoms with van der Waals surface area (Å²) < 4.78 is 18.0. The molecule has 148 valence electrons. The second-order valence-corrected chi connectivity index (χ2v) is 5.67. The van der Waals surface area contributed by atoms with Gasteiger partial charge in [0.1, 0.15) is 18.7 Å². The number of hydrogen-bond acceptors (Lipinski definition) is 6. The van der Waals surface area contributed by atoms with Gasteiger partial charge in [-0.1, -0.05) is 6.07 Å². The summed E-state index contributed by atoms with van der Waals surface area (Å²) in [5.41, 5.74) is 1.02. The molecule has 0 amide bonds. The lowest BCUT2D eigenvalue weighted by atomic mass is 10.1. The zero-order chi connectivity index (χ0) is 19.6. The predicted molar refractivity (Wildman–Crippen MR) is 104 cm³/mol. The molecule has 2 aromatic rings. The first-order valence-electron chi connectivity index (χ1n) is 8.77. The fraction of sp³-hybridized carbons (Fsp3) is 0.500. The minimum atomic E-state index is 0.450. The maximum absolute atomic E-state index is 5.53. The third kappa shape index (κ3) is 5.25. The molecular weight excluding hydrogens is 348 g/mol. The third-order valence-electron chi connectivity index (χ3n) is 4.00. The Morgan fingerprint density at radius 3 is 2.48 bits per heavy atom. The molecule has 0 fully saturated rings. The van der Waals surface area contributed by atoms with E-state index in [1.807, 2.05) is 26.1 Å². The number of hydrogen-bond donors (Lipinski definition) is 2. The first kappa shape index (κ1) is 20.3. The van der Waals surface area contributed by atoms with Gasteiger partial charge in [-0.25, -0.2) is 9.98 Å². The molecule has 1 aromatic heterocycles. The molecule has 0 spiro atoms. The first-order chi connectivity index (χ1) is 13.1. The number of guanidine groups is 1. The van der Waals surface area contributed by atoms with Crippen LogP contribution in [-0.4, -0.2) is 55.1 Å². The van der Waals surface area contributed by atoms with Crippen molar-refractivity contribution in [1.29, 1.82) is 0 Å². The largest absolute Gasteiger partial charge is 0.493 e. The molecule has 0 unspecified atom stereocenters. The van der Waals surface area contributed by atoms with Gasteiger partial charge in [0.05, 0.1) is 21.3 Å². The number of aromatic nitrogens is 3. The topological polar surface area (TPSA) is 94.8 Å². The summed E-state index contributed by atoms with van der Waals surface area (Å²) in [6.07, 6.45) is 2.26. The normalized spacial score (nSPS) is 11.2. The van der Waals surface area contributed by atoms with E-state index in [2.05, 4.69) is 25.7 Å². The highest BCUT2D eigenvalue weighted by Crippen LogP contribution is 2.39. The predicted octanol–water partition coefficient (Wildman–Crippen LogP) is 1.14. The third-order valence-corrected chi connectivity index (χ3v) is 4.00. The van der Waals surface area contributed by atoms with E-state index in [0.717, 1.165) is 30.3 Å². The lowest BCUT2D eigenvalue weighted by Crippen LogP contribution is -2.38. The van der Waals surface area contributed by atoms with Crippen LogP contribution in [0.15, 0.2) is 23.5 Å². The van der Waals surface area contributed by atoms with E-state index in [1.165, 1.54) is 6.33 Å². The van der Waals surface area contributed by atoms with E-state index in [9.17, 15) is 0 Å². The average Bonchev–Trinajstić information content (AvgIpc) is 3.10. The molecule has 0 aliphatic heterocycles. The molecular formula is C18H28N6O3. The van der Waals surface area contributed by atoms with E-state index < -0.39 is 0 Å². The number of aryl methyl sites for hydroxylation is 1. The molecule has 2 rings (SSSR count). The summed E-state index contributed by atoms with van der Waals surface area (Å²) in [5, 5.41) is 10.6. The Kier molecular flexibility index (Phi) is 7.72. The molecule has 1 aromatic carbocycles. The van der Waals surface area contributed by atoms with E-state index >= 15 is 0 Å². The molecule has 9 nitrogen and oxygen atoms in total. The molecule has 0 aliphatic carbocycles. The van der Waals surface area contributed by atoms with Crippen molar-refractivity contribution in [2.45, 2.75) is 19.9 Å². The fourth-order valence-electron chi connectivity index (χ4n) is 2.63. The Hall–Kier alpha value is -2.97. The number of aliphatic imine (C=N–C) groups is 1. The maximum atomic E-state index is 5.53. The van der Waals surface area contributed by atoms with Gasteiger partial charge < -0.3 is 24.8 Å². The van der Waals surface area contributed by atoms with Gasteiger partial charge in [-0.05, 0) is 19.4 Å². The lowest BCUT2D eigenvalue weighted by Gasteiger charge is -2.16. The maximum Gasteiger partial charge on any atom is 0.203 e. The highest BCUT2D eigenvalue weighted by atomic mass is 16.5. The summed E-state index contributed by atoms with van der Waals surface area (Å²) in [6.45, 7) is 3.92. The SMILES string of the molecule is CCNC(=NCc1ncnn1C)NCCc1ccc(OC)c(OC)c1OC. The van der Waals surface area contributed by atoms with Crippen molar-refractivity contribution in [2.24, 2.45) is 12.0 Å². The van der Waals surface area contributed by atoms with Crippen LogP contribution < -0.4 is 24.8 Å². The van der Waals surface area contributed by atoms with Crippen molar-refractivity contribution < 1.29 is 14.2 Å². The summed E-state index contributed by atoms with van der Waals surface area (Å²) in [6, 6.07) is 3.86. The molecule has 0 bridgehead atoms. The number of methoxy groups -OCH3 is 3. The van der Waals surface area contributed by atoms with Crippen molar-refractivity contribution in [3.8, 4) is 17.2 Å². The molecule has 0 saturated heterocycles. The zero-order valence-corrected chi connectivity index (χ0v) is 16.6. The second kappa shape index (κ2) is 10.2. The molecule has 2 N–H and O–H groups in total. The average molecular weight is 376 g/mol. The summed E-state index contributed by atoms with van der Waals surface area (Å²) in [4.78, 5) is 8.73. The number of ether oxygens (including phenoxy) is 3. The molecule has 1 heterocycles. The second-order valence-electron chi connectivity index (χ2n) is 5.67. The summed E-state index contributed by atoms with van der Waals surface area (Å²) in [5.74, 6) is 3.44. The Morgan fingerprint density at radius 1 is 1.11 bits per heavy atom. The van der Waals surface area contributed by atoms with Crippen LogP contribution in [0, 0.1) is 0 Å². The molecule has 0 saturated carbocycles. The Bertz CT molecular complexity index is 760. The van der Waals surface area contributed by atoms with Gasteiger partial charge in [-0.3, -0.25) is 4.68 Å². The van der Waals surface area contributed by atoms with E-state index in [4.69, 9.17) is 14.2 Å². The first-order valence-corrected chi connectivity index (χ1v) is 8.77. The van der Waals surface area contributed by atoms with Gasteiger partial charge in [0, 0.05) is 25.7 Å². The van der Waals surface area contributed by atoms with E-state index in [-0.39, 0.29) is 0 Å². The number of nitrogens with one attached hydrogen (secondary N) is 2. The standard InChI is InChI=1S/C18H28N6O3/c1-6-19-18(21-11-15-22-12-23-24(15)2)20-10-9-13-7-8-14(25-3)17(27-5)16(13)26-4/h7-8,12H,6,9-11H2,1-5H3,(H2,19,20,21). The minimum absolute atomic E-state index is 0.450. The molecule has 0 aliphatic rings. The van der Waals surface area contributed by atoms with Gasteiger partial charge in [0.15, 0.2) is 17.5 Å². The molecule has 0 atom stereocenters. The van der Waals surface area contributed by atoms with Crippen molar-refractivity contribution >= 4 is 5.96 Å². The van der Waals surface area contributed by atoms with Crippen LogP contribution in [0.5, 0.6) is 17.2 Å². The van der Waals surface area contributed by atoms with Crippen molar-refractivity contribution in [3.63, 3.8) is 0 Å².